The zero-order valence-corrected chi connectivity index (χ0v) is 12.8. The second kappa shape index (κ2) is 5.96. The Morgan fingerprint density at radius 1 is 1.36 bits per heavy atom. The van der Waals surface area contributed by atoms with Crippen molar-refractivity contribution in [2.24, 2.45) is 11.7 Å². The molecule has 1 aliphatic rings. The zero-order chi connectivity index (χ0) is 15.7. The molecule has 1 amide bonds. The molecule has 1 aliphatic heterocycles. The number of nitrogens with two attached hydrogens (primary N) is 1. The number of nitrogens with one attached hydrogen (secondary N) is 1. The minimum Gasteiger partial charge on any atom is -0.341 e. The molecule has 1 aromatic carbocycles. The van der Waals surface area contributed by atoms with E-state index in [0.717, 1.165) is 37.0 Å². The Kier molecular flexibility index (Phi) is 4.02. The van der Waals surface area contributed by atoms with E-state index in [2.05, 4.69) is 4.98 Å². The molecule has 3 rings (SSSR count). The lowest BCUT2D eigenvalue weighted by molar-refractivity contribution is -0.133. The van der Waals surface area contributed by atoms with Crippen LogP contribution in [0.3, 0.4) is 0 Å². The van der Waals surface area contributed by atoms with Crippen LogP contribution in [-0.2, 0) is 11.3 Å². The number of amides is 1. The van der Waals surface area contributed by atoms with E-state index in [1.54, 1.807) is 0 Å². The first kappa shape index (κ1) is 14.8. The largest absolute Gasteiger partial charge is 0.341 e. The number of para-hydroxylation sites is 2. The normalized spacial score (nSPS) is 17.8. The minimum absolute atomic E-state index is 0.00465. The lowest BCUT2D eigenvalue weighted by atomic mass is 9.91. The number of piperidine rings is 1. The first-order valence-corrected chi connectivity index (χ1v) is 7.77. The molecule has 0 spiro atoms. The summed E-state index contributed by atoms with van der Waals surface area (Å²) in [5.74, 6) is 0.481. The van der Waals surface area contributed by atoms with Crippen molar-refractivity contribution in [1.29, 1.82) is 0 Å². The number of hydrogen-bond acceptors (Lipinski definition) is 3. The predicted molar refractivity (Wildman–Crippen MR) is 85.5 cm³/mol. The first-order valence-electron chi connectivity index (χ1n) is 7.77. The minimum atomic E-state index is -0.236. The molecule has 6 heteroatoms. The van der Waals surface area contributed by atoms with E-state index in [1.807, 2.05) is 36.1 Å². The molecular formula is C16H22N4O2. The average molecular weight is 302 g/mol. The highest BCUT2D eigenvalue weighted by molar-refractivity contribution is 5.80. The van der Waals surface area contributed by atoms with Crippen LogP contribution in [0.1, 0.15) is 19.8 Å². The fourth-order valence-electron chi connectivity index (χ4n) is 3.17. The lowest BCUT2D eigenvalue weighted by Crippen LogP contribution is -2.44. The van der Waals surface area contributed by atoms with Gasteiger partial charge >= 0.3 is 5.69 Å². The van der Waals surface area contributed by atoms with Crippen molar-refractivity contribution in [2.45, 2.75) is 32.4 Å². The first-order chi connectivity index (χ1) is 10.6. The van der Waals surface area contributed by atoms with Gasteiger partial charge in [0, 0.05) is 19.1 Å². The summed E-state index contributed by atoms with van der Waals surface area (Å²) in [5.41, 5.74) is 7.22. The van der Waals surface area contributed by atoms with Gasteiger partial charge in [-0.15, -0.1) is 0 Å². The monoisotopic (exact) mass is 302 g/mol. The quantitative estimate of drug-likeness (QED) is 0.884. The van der Waals surface area contributed by atoms with Gasteiger partial charge in [0.25, 0.3) is 0 Å². The van der Waals surface area contributed by atoms with Crippen molar-refractivity contribution in [2.75, 3.05) is 13.1 Å². The molecule has 3 N–H and O–H groups in total. The third-order valence-corrected chi connectivity index (χ3v) is 4.61. The number of carbonyl (C=O) groups is 1. The molecule has 0 saturated carbocycles. The number of nitrogens with zero attached hydrogens (tertiary/aromatic N) is 2. The molecule has 6 nitrogen and oxygen atoms in total. The van der Waals surface area contributed by atoms with Crippen LogP contribution in [0.25, 0.3) is 11.0 Å². The number of rotatable bonds is 3. The van der Waals surface area contributed by atoms with Crippen molar-refractivity contribution < 1.29 is 4.79 Å². The van der Waals surface area contributed by atoms with Gasteiger partial charge in [0.05, 0.1) is 11.0 Å². The average Bonchev–Trinajstić information content (AvgIpc) is 2.83. The van der Waals surface area contributed by atoms with E-state index < -0.39 is 0 Å². The molecule has 2 heterocycles. The van der Waals surface area contributed by atoms with Gasteiger partial charge in [-0.3, -0.25) is 9.36 Å². The van der Waals surface area contributed by atoms with Crippen LogP contribution in [-0.4, -0.2) is 39.5 Å². The summed E-state index contributed by atoms with van der Waals surface area (Å²) >= 11 is 0. The predicted octanol–water partition coefficient (Wildman–Crippen LogP) is 0.915. The smallest absolute Gasteiger partial charge is 0.326 e. The summed E-state index contributed by atoms with van der Waals surface area (Å²) < 4.78 is 1.51. The SMILES string of the molecule is CC(N)C1CCN(C(=O)Cn2c(=O)[nH]c3ccccc32)CC1. The fraction of sp³-hybridized carbons (Fsp3) is 0.500. The second-order valence-corrected chi connectivity index (χ2v) is 6.11. The third kappa shape index (κ3) is 2.78. The van der Waals surface area contributed by atoms with Crippen molar-refractivity contribution in [1.82, 2.24) is 14.5 Å². The van der Waals surface area contributed by atoms with E-state index in [1.165, 1.54) is 4.57 Å². The Hall–Kier alpha value is -2.08. The maximum Gasteiger partial charge on any atom is 0.326 e. The maximum atomic E-state index is 12.5. The van der Waals surface area contributed by atoms with Crippen LogP contribution < -0.4 is 11.4 Å². The Bertz CT molecular complexity index is 723. The molecule has 2 aromatic rings. The molecule has 0 bridgehead atoms. The summed E-state index contributed by atoms with van der Waals surface area (Å²) in [6.45, 7) is 3.56. The van der Waals surface area contributed by atoms with Gasteiger partial charge in [-0.2, -0.15) is 0 Å². The topological polar surface area (TPSA) is 84.1 Å². The molecule has 1 fully saturated rings. The number of H-pyrrole nitrogens is 1. The molecular weight excluding hydrogens is 280 g/mol. The summed E-state index contributed by atoms with van der Waals surface area (Å²) in [7, 11) is 0. The third-order valence-electron chi connectivity index (χ3n) is 4.61. The maximum absolute atomic E-state index is 12.5. The van der Waals surface area contributed by atoms with Crippen LogP contribution in [0, 0.1) is 5.92 Å². The lowest BCUT2D eigenvalue weighted by Gasteiger charge is -2.33. The van der Waals surface area contributed by atoms with E-state index in [-0.39, 0.29) is 24.2 Å². The van der Waals surface area contributed by atoms with Crippen molar-refractivity contribution in [3.8, 4) is 0 Å². The molecule has 1 atom stereocenters. The Morgan fingerprint density at radius 2 is 2.05 bits per heavy atom. The van der Waals surface area contributed by atoms with Crippen LogP contribution >= 0.6 is 0 Å². The van der Waals surface area contributed by atoms with Crippen molar-refractivity contribution >= 4 is 16.9 Å². The Balaban J connectivity index is 1.72. The number of fused-ring (bicyclic) bond motifs is 1. The molecule has 118 valence electrons. The number of hydrogen-bond donors (Lipinski definition) is 2. The highest BCUT2D eigenvalue weighted by Crippen LogP contribution is 2.20. The second-order valence-electron chi connectivity index (χ2n) is 6.11. The molecule has 22 heavy (non-hydrogen) atoms. The van der Waals surface area contributed by atoms with Gasteiger partial charge in [-0.05, 0) is 37.8 Å². The van der Waals surface area contributed by atoms with Crippen LogP contribution in [0.4, 0.5) is 0 Å². The van der Waals surface area contributed by atoms with Gasteiger partial charge in [-0.1, -0.05) is 12.1 Å². The zero-order valence-electron chi connectivity index (χ0n) is 12.8. The number of aromatic nitrogens is 2. The number of aromatic amines is 1. The molecule has 1 saturated heterocycles. The molecule has 0 radical (unpaired) electrons. The highest BCUT2D eigenvalue weighted by atomic mass is 16.2. The Morgan fingerprint density at radius 3 is 2.73 bits per heavy atom. The number of likely N-dealkylation sites (tertiary alicyclic amines) is 1. The number of imidazole rings is 1. The van der Waals surface area contributed by atoms with Gasteiger partial charge in [0.15, 0.2) is 0 Å². The molecule has 0 aliphatic carbocycles. The number of carbonyl (C=O) groups excluding carboxylic acids is 1. The van der Waals surface area contributed by atoms with E-state index >= 15 is 0 Å². The number of benzene rings is 1. The van der Waals surface area contributed by atoms with E-state index in [0.29, 0.717) is 5.92 Å². The van der Waals surface area contributed by atoms with Crippen LogP contribution in [0.15, 0.2) is 29.1 Å². The summed E-state index contributed by atoms with van der Waals surface area (Å²) in [5, 5.41) is 0. The van der Waals surface area contributed by atoms with Gasteiger partial charge in [0.2, 0.25) is 5.91 Å². The van der Waals surface area contributed by atoms with Gasteiger partial charge in [-0.25, -0.2) is 4.79 Å². The fourth-order valence-corrected chi connectivity index (χ4v) is 3.17. The van der Waals surface area contributed by atoms with Gasteiger partial charge in [0.1, 0.15) is 6.54 Å². The molecule has 1 aromatic heterocycles. The molecule has 1 unspecified atom stereocenters. The van der Waals surface area contributed by atoms with E-state index in [9.17, 15) is 9.59 Å². The van der Waals surface area contributed by atoms with E-state index in [4.69, 9.17) is 5.73 Å². The van der Waals surface area contributed by atoms with Crippen LogP contribution in [0.5, 0.6) is 0 Å². The highest BCUT2D eigenvalue weighted by Gasteiger charge is 2.25. The van der Waals surface area contributed by atoms with Gasteiger partial charge < -0.3 is 15.6 Å². The van der Waals surface area contributed by atoms with Crippen molar-refractivity contribution in [3.05, 3.63) is 34.7 Å². The summed E-state index contributed by atoms with van der Waals surface area (Å²) in [6, 6.07) is 7.59. The standard InChI is InChI=1S/C16H22N4O2/c1-11(17)12-6-8-19(9-7-12)15(21)10-20-14-5-3-2-4-13(14)18-16(20)22/h2-5,11-12H,6-10,17H2,1H3,(H,18,22). The summed E-state index contributed by atoms with van der Waals surface area (Å²) in [4.78, 5) is 29.1. The van der Waals surface area contributed by atoms with Crippen LogP contribution in [0.2, 0.25) is 0 Å². The Labute approximate surface area is 128 Å². The van der Waals surface area contributed by atoms with Crippen molar-refractivity contribution in [3.63, 3.8) is 0 Å². The summed E-state index contributed by atoms with van der Waals surface area (Å²) in [6.07, 6.45) is 1.87.